The van der Waals surface area contributed by atoms with Gasteiger partial charge >= 0.3 is 0 Å². The SMILES string of the molecule is C=C(/C=C(/C)C=O)c1ccc2nc(/C(C=N)=C/NCC(C)(C)O)nc(N3CCOCC3c3ccccc3)c2c1. The van der Waals surface area contributed by atoms with Crippen LogP contribution in [0.4, 0.5) is 5.82 Å². The van der Waals surface area contributed by atoms with Crippen LogP contribution in [0.25, 0.3) is 22.0 Å². The van der Waals surface area contributed by atoms with Gasteiger partial charge in [0.2, 0.25) is 0 Å². The average Bonchev–Trinajstić information content (AvgIpc) is 2.94. The lowest BCUT2D eigenvalue weighted by Crippen LogP contribution is -2.40. The van der Waals surface area contributed by atoms with Crippen molar-refractivity contribution in [3.05, 3.63) is 89.9 Å². The fourth-order valence-electron chi connectivity index (χ4n) is 4.44. The first-order chi connectivity index (χ1) is 18.7. The van der Waals surface area contributed by atoms with Gasteiger partial charge in [0, 0.05) is 30.9 Å². The smallest absolute Gasteiger partial charge is 0.165 e. The Bertz CT molecular complexity index is 1420. The van der Waals surface area contributed by atoms with Gasteiger partial charge in [0.25, 0.3) is 0 Å². The zero-order chi connectivity index (χ0) is 28.0. The Labute approximate surface area is 229 Å². The third-order valence-corrected chi connectivity index (χ3v) is 6.43. The maximum Gasteiger partial charge on any atom is 0.165 e. The van der Waals surface area contributed by atoms with Crippen molar-refractivity contribution in [2.24, 2.45) is 0 Å². The molecule has 202 valence electrons. The number of aromatic nitrogens is 2. The summed E-state index contributed by atoms with van der Waals surface area (Å²) >= 11 is 0. The minimum Gasteiger partial charge on any atom is -0.389 e. The molecule has 1 aromatic heterocycles. The number of ether oxygens (including phenoxy) is 1. The third-order valence-electron chi connectivity index (χ3n) is 6.43. The van der Waals surface area contributed by atoms with Gasteiger partial charge in [-0.3, -0.25) is 4.79 Å². The molecule has 8 heteroatoms. The van der Waals surface area contributed by atoms with Crippen LogP contribution in [0, 0.1) is 5.41 Å². The molecule has 0 radical (unpaired) electrons. The Morgan fingerprint density at radius 2 is 2.03 bits per heavy atom. The number of fused-ring (bicyclic) bond motifs is 1. The van der Waals surface area contributed by atoms with Gasteiger partial charge in [-0.15, -0.1) is 0 Å². The van der Waals surface area contributed by atoms with Gasteiger partial charge in [-0.25, -0.2) is 9.97 Å². The van der Waals surface area contributed by atoms with Gasteiger partial charge in [-0.2, -0.15) is 0 Å². The summed E-state index contributed by atoms with van der Waals surface area (Å²) in [4.78, 5) is 23.2. The molecule has 2 heterocycles. The summed E-state index contributed by atoms with van der Waals surface area (Å²) in [5, 5.41) is 22.0. The molecule has 0 spiro atoms. The lowest BCUT2D eigenvalue weighted by Gasteiger charge is -2.37. The molecule has 8 nitrogen and oxygen atoms in total. The molecule has 0 saturated carbocycles. The van der Waals surface area contributed by atoms with Crippen molar-refractivity contribution in [2.75, 3.05) is 31.2 Å². The Hall–Kier alpha value is -4.14. The first-order valence-electron chi connectivity index (χ1n) is 12.9. The van der Waals surface area contributed by atoms with Crippen molar-refractivity contribution in [3.8, 4) is 0 Å². The highest BCUT2D eigenvalue weighted by molar-refractivity contribution is 6.07. The van der Waals surface area contributed by atoms with Crippen molar-refractivity contribution in [2.45, 2.75) is 32.4 Å². The summed E-state index contributed by atoms with van der Waals surface area (Å²) in [6, 6.07) is 16.0. The van der Waals surface area contributed by atoms with Crippen LogP contribution in [0.2, 0.25) is 0 Å². The van der Waals surface area contributed by atoms with Gasteiger partial charge in [0.15, 0.2) is 5.82 Å². The van der Waals surface area contributed by atoms with Gasteiger partial charge < -0.3 is 25.5 Å². The molecule has 2 aromatic carbocycles. The predicted octanol–water partition coefficient (Wildman–Crippen LogP) is 4.72. The molecule has 1 unspecified atom stereocenters. The van der Waals surface area contributed by atoms with E-state index in [9.17, 15) is 9.90 Å². The topological polar surface area (TPSA) is 111 Å². The van der Waals surface area contributed by atoms with Crippen LogP contribution in [-0.2, 0) is 9.53 Å². The van der Waals surface area contributed by atoms with Gasteiger partial charge in [-0.1, -0.05) is 43.0 Å². The largest absolute Gasteiger partial charge is 0.389 e. The molecule has 1 aliphatic rings. The fraction of sp³-hybridized carbons (Fsp3) is 0.290. The molecule has 39 heavy (non-hydrogen) atoms. The quantitative estimate of drug-likeness (QED) is 0.152. The Kier molecular flexibility index (Phi) is 8.69. The zero-order valence-electron chi connectivity index (χ0n) is 22.6. The third kappa shape index (κ3) is 6.85. The van der Waals surface area contributed by atoms with Crippen molar-refractivity contribution in [3.63, 3.8) is 0 Å². The monoisotopic (exact) mass is 525 g/mol. The number of nitrogens with zero attached hydrogens (tertiary/aromatic N) is 3. The van der Waals surface area contributed by atoms with Gasteiger partial charge in [0.05, 0.1) is 35.9 Å². The minimum absolute atomic E-state index is 0.0596. The summed E-state index contributed by atoms with van der Waals surface area (Å²) in [5.74, 6) is 1.13. The Morgan fingerprint density at radius 1 is 1.26 bits per heavy atom. The number of benzene rings is 2. The average molecular weight is 526 g/mol. The van der Waals surface area contributed by atoms with Crippen LogP contribution in [0.1, 0.15) is 43.8 Å². The molecule has 1 aliphatic heterocycles. The number of anilines is 1. The first kappa shape index (κ1) is 27.9. The van der Waals surface area contributed by atoms with E-state index in [2.05, 4.69) is 28.9 Å². The molecule has 1 atom stereocenters. The number of hydrogen-bond acceptors (Lipinski definition) is 8. The van der Waals surface area contributed by atoms with Crippen LogP contribution in [0.5, 0.6) is 0 Å². The fourth-order valence-corrected chi connectivity index (χ4v) is 4.44. The minimum atomic E-state index is -0.912. The van der Waals surface area contributed by atoms with Gasteiger partial charge in [0.1, 0.15) is 12.1 Å². The van der Waals surface area contributed by atoms with Crippen molar-refractivity contribution < 1.29 is 14.6 Å². The van der Waals surface area contributed by atoms with Crippen LogP contribution < -0.4 is 10.2 Å². The highest BCUT2D eigenvalue weighted by Gasteiger charge is 2.28. The van der Waals surface area contributed by atoms with Crippen LogP contribution >= 0.6 is 0 Å². The Morgan fingerprint density at radius 3 is 2.72 bits per heavy atom. The normalized spacial score (nSPS) is 16.7. The highest BCUT2D eigenvalue weighted by atomic mass is 16.5. The van der Waals surface area contributed by atoms with E-state index in [0.717, 1.165) is 34.1 Å². The second-order valence-corrected chi connectivity index (χ2v) is 10.3. The lowest BCUT2D eigenvalue weighted by atomic mass is 10.0. The van der Waals surface area contributed by atoms with E-state index in [0.29, 0.717) is 48.8 Å². The van der Waals surface area contributed by atoms with Crippen LogP contribution in [-0.4, -0.2) is 59.5 Å². The van der Waals surface area contributed by atoms with E-state index >= 15 is 0 Å². The van der Waals surface area contributed by atoms with Crippen LogP contribution in [0.3, 0.4) is 0 Å². The number of rotatable bonds is 10. The van der Waals surface area contributed by atoms with Crippen molar-refractivity contribution in [1.82, 2.24) is 15.3 Å². The maximum atomic E-state index is 11.2. The van der Waals surface area contributed by atoms with E-state index in [1.165, 1.54) is 6.21 Å². The first-order valence-corrected chi connectivity index (χ1v) is 12.9. The summed E-state index contributed by atoms with van der Waals surface area (Å²) in [6.07, 6.45) is 5.43. The molecule has 4 rings (SSSR count). The maximum absolute atomic E-state index is 11.2. The number of carbonyl (C=O) groups is 1. The number of aldehydes is 1. The number of nitrogens with one attached hydrogen (secondary N) is 2. The van der Waals surface area contributed by atoms with Crippen molar-refractivity contribution >= 4 is 40.4 Å². The van der Waals surface area contributed by atoms with E-state index in [-0.39, 0.29) is 6.04 Å². The lowest BCUT2D eigenvalue weighted by molar-refractivity contribution is -0.104. The number of hydrogen-bond donors (Lipinski definition) is 3. The summed E-state index contributed by atoms with van der Waals surface area (Å²) < 4.78 is 5.88. The molecule has 1 saturated heterocycles. The van der Waals surface area contributed by atoms with E-state index in [1.807, 2.05) is 36.4 Å². The summed E-state index contributed by atoms with van der Waals surface area (Å²) in [7, 11) is 0. The second-order valence-electron chi connectivity index (χ2n) is 10.3. The number of allylic oxidation sites excluding steroid dienone is 4. The van der Waals surface area contributed by atoms with E-state index in [1.54, 1.807) is 33.0 Å². The number of carbonyl (C=O) groups excluding carboxylic acids is 1. The molecule has 0 bridgehead atoms. The van der Waals surface area contributed by atoms with E-state index < -0.39 is 5.60 Å². The summed E-state index contributed by atoms with van der Waals surface area (Å²) in [5.41, 5.74) is 3.58. The molecule has 3 aromatic rings. The summed E-state index contributed by atoms with van der Waals surface area (Å²) in [6.45, 7) is 11.3. The molecule has 0 aliphatic carbocycles. The molecular formula is C31H35N5O3. The molecule has 0 amide bonds. The number of morpholine rings is 1. The van der Waals surface area contributed by atoms with E-state index in [4.69, 9.17) is 20.1 Å². The van der Waals surface area contributed by atoms with Gasteiger partial charge in [-0.05, 0) is 61.3 Å². The predicted molar refractivity (Wildman–Crippen MR) is 157 cm³/mol. The standard InChI is InChI=1S/C31H35N5O3/c1-21(18-37)14-22(2)24-10-11-27-26(15-24)30(35-29(34-27)25(16-32)17-33-20-31(3,4)38)36-12-13-39-19-28(36)23-8-6-5-7-9-23/h5-11,14-18,28,32-33,38H,2,12-13,19-20H2,1,3-4H3/b21-14-,25-17+,32-16?. The second kappa shape index (κ2) is 12.1. The number of aliphatic hydroxyl groups is 1. The van der Waals surface area contributed by atoms with Crippen LogP contribution in [0.15, 0.2) is 73.0 Å². The molecule has 3 N–H and O–H groups in total. The van der Waals surface area contributed by atoms with Crippen molar-refractivity contribution in [1.29, 1.82) is 5.41 Å². The highest BCUT2D eigenvalue weighted by Crippen LogP contribution is 2.35. The molecular weight excluding hydrogens is 490 g/mol. The molecule has 1 fully saturated rings. The Balaban J connectivity index is 1.88. The zero-order valence-corrected chi connectivity index (χ0v) is 22.6.